The smallest absolute Gasteiger partial charge is 0.379 e. The normalized spacial score (nSPS) is 15.1. The van der Waals surface area contributed by atoms with E-state index in [4.69, 9.17) is 0 Å². The number of hydrogen-bond donors (Lipinski definition) is 0. The summed E-state index contributed by atoms with van der Waals surface area (Å²) < 4.78 is 66.9. The van der Waals surface area contributed by atoms with Gasteiger partial charge in [0.05, 0.1) is 11.7 Å². The summed E-state index contributed by atoms with van der Waals surface area (Å²) in [5.74, 6) is -0.464. The van der Waals surface area contributed by atoms with Gasteiger partial charge in [0.25, 0.3) is 0 Å². The third kappa shape index (κ3) is 5.69. The van der Waals surface area contributed by atoms with Gasteiger partial charge < -0.3 is 4.18 Å². The van der Waals surface area contributed by atoms with Crippen LogP contribution >= 0.6 is 0 Å². The lowest BCUT2D eigenvalue weighted by atomic mass is 9.84. The molecule has 1 atom stereocenters. The minimum Gasteiger partial charge on any atom is -0.379 e. The number of benzene rings is 1. The molecular weight excluding hydrogens is 383 g/mol. The van der Waals surface area contributed by atoms with Crippen molar-refractivity contribution in [3.63, 3.8) is 0 Å². The van der Waals surface area contributed by atoms with Gasteiger partial charge in [0.15, 0.2) is 0 Å². The number of alkyl halides is 3. The maximum Gasteiger partial charge on any atom is 0.534 e. The Hall–Kier alpha value is -2.10. The lowest BCUT2D eigenvalue weighted by Crippen LogP contribution is -2.26. The molecule has 0 aliphatic carbocycles. The molecule has 0 amide bonds. The maximum atomic E-state index is 12.8. The Labute approximate surface area is 156 Å². The zero-order chi connectivity index (χ0) is 20.5. The maximum absolute atomic E-state index is 12.8. The molecule has 0 fully saturated rings. The van der Waals surface area contributed by atoms with E-state index in [1.165, 1.54) is 4.68 Å². The summed E-state index contributed by atoms with van der Waals surface area (Å²) in [5, 5.41) is 7.74. The van der Waals surface area contributed by atoms with Crippen LogP contribution in [0.25, 0.3) is 17.2 Å². The molecule has 27 heavy (non-hydrogen) atoms. The first-order valence-electron chi connectivity index (χ1n) is 8.30. The number of hydrogen-bond acceptors (Lipinski definition) is 5. The number of para-hydroxylation sites is 1. The molecule has 6 nitrogen and oxygen atoms in total. The number of allylic oxidation sites excluding steroid dienone is 1. The van der Waals surface area contributed by atoms with Crippen LogP contribution in [0, 0.1) is 11.3 Å². The van der Waals surface area contributed by atoms with Gasteiger partial charge in [0.2, 0.25) is 0 Å². The van der Waals surface area contributed by atoms with Crippen molar-refractivity contribution in [1.82, 2.24) is 15.0 Å². The lowest BCUT2D eigenvalue weighted by molar-refractivity contribution is -0.0524. The molecule has 0 aliphatic heterocycles. The van der Waals surface area contributed by atoms with Crippen molar-refractivity contribution < 1.29 is 25.8 Å². The molecular formula is C17H22F3N3O3S. The van der Waals surface area contributed by atoms with Gasteiger partial charge in [-0.1, -0.05) is 45.0 Å². The fourth-order valence-corrected chi connectivity index (χ4v) is 3.36. The predicted molar refractivity (Wildman–Crippen MR) is 95.7 cm³/mol. The van der Waals surface area contributed by atoms with Crippen LogP contribution in [0.1, 0.15) is 40.5 Å². The van der Waals surface area contributed by atoms with Gasteiger partial charge in [-0.15, -0.1) is 5.10 Å². The number of aromatic nitrogens is 3. The summed E-state index contributed by atoms with van der Waals surface area (Å²) >= 11 is 0. The van der Waals surface area contributed by atoms with Crippen molar-refractivity contribution in [2.75, 3.05) is 0 Å². The largest absolute Gasteiger partial charge is 0.534 e. The van der Waals surface area contributed by atoms with Gasteiger partial charge >= 0.3 is 15.6 Å². The molecule has 10 heteroatoms. The molecule has 0 N–H and O–H groups in total. The van der Waals surface area contributed by atoms with Crippen molar-refractivity contribution >= 4 is 27.4 Å². The Morgan fingerprint density at radius 1 is 1.26 bits per heavy atom. The minimum absolute atomic E-state index is 0.000761. The van der Waals surface area contributed by atoms with Crippen LogP contribution in [0.5, 0.6) is 0 Å². The van der Waals surface area contributed by atoms with Gasteiger partial charge in [-0.25, -0.2) is 4.68 Å². The van der Waals surface area contributed by atoms with Crippen LogP contribution in [-0.2, 0) is 14.3 Å². The molecule has 2 rings (SSSR count). The minimum atomic E-state index is -5.77. The topological polar surface area (TPSA) is 74.1 Å². The van der Waals surface area contributed by atoms with E-state index in [9.17, 15) is 21.6 Å². The van der Waals surface area contributed by atoms with E-state index < -0.39 is 15.6 Å². The molecule has 0 aliphatic rings. The van der Waals surface area contributed by atoms with E-state index in [0.717, 1.165) is 6.20 Å². The van der Waals surface area contributed by atoms with Crippen molar-refractivity contribution in [3.8, 4) is 0 Å². The fraction of sp³-hybridized carbons (Fsp3) is 0.529. The van der Waals surface area contributed by atoms with E-state index >= 15 is 0 Å². The third-order valence-corrected chi connectivity index (χ3v) is 4.65. The SMILES string of the molecule is CC(C/C(=C\n1nnc2ccccc21)OS(=O)(=O)C(F)(F)F)CC(C)(C)C. The number of fused-ring (bicyclic) bond motifs is 1. The molecule has 1 aromatic heterocycles. The van der Waals surface area contributed by atoms with E-state index in [-0.39, 0.29) is 23.5 Å². The van der Waals surface area contributed by atoms with Crippen LogP contribution in [0.3, 0.4) is 0 Å². The molecule has 2 aromatic rings. The van der Waals surface area contributed by atoms with E-state index in [1.54, 1.807) is 24.3 Å². The monoisotopic (exact) mass is 405 g/mol. The zero-order valence-corrected chi connectivity index (χ0v) is 16.3. The lowest BCUT2D eigenvalue weighted by Gasteiger charge is -2.24. The van der Waals surface area contributed by atoms with Crippen LogP contribution in [0.4, 0.5) is 13.2 Å². The molecule has 0 radical (unpaired) electrons. The average molecular weight is 405 g/mol. The first-order valence-corrected chi connectivity index (χ1v) is 9.71. The Balaban J connectivity index is 2.40. The molecule has 0 bridgehead atoms. The third-order valence-electron chi connectivity index (χ3n) is 3.65. The average Bonchev–Trinajstić information content (AvgIpc) is 2.87. The highest BCUT2D eigenvalue weighted by Gasteiger charge is 2.49. The van der Waals surface area contributed by atoms with E-state index in [2.05, 4.69) is 14.5 Å². The first kappa shape index (κ1) is 21.2. The van der Waals surface area contributed by atoms with Gasteiger partial charge in [-0.05, 0) is 29.9 Å². The van der Waals surface area contributed by atoms with Gasteiger partial charge in [-0.2, -0.15) is 21.6 Å². The van der Waals surface area contributed by atoms with Gasteiger partial charge in [-0.3, -0.25) is 0 Å². The molecule has 0 saturated heterocycles. The quantitative estimate of drug-likeness (QED) is 0.400. The first-order chi connectivity index (χ1) is 12.3. The molecule has 1 unspecified atom stereocenters. The standard InChI is InChI=1S/C17H22F3N3O3S/c1-12(10-16(2,3)4)9-13(26-27(24,25)17(18,19)20)11-23-15-8-6-5-7-14(15)21-22-23/h5-8,11-12H,9-10H2,1-4H3/b13-11+. The molecule has 0 spiro atoms. The Morgan fingerprint density at radius 3 is 2.48 bits per heavy atom. The van der Waals surface area contributed by atoms with Crippen molar-refractivity contribution in [3.05, 3.63) is 30.0 Å². The van der Waals surface area contributed by atoms with Crippen LogP contribution < -0.4 is 0 Å². The zero-order valence-electron chi connectivity index (χ0n) is 15.5. The summed E-state index contributed by atoms with van der Waals surface area (Å²) in [6.07, 6.45) is 1.80. The highest BCUT2D eigenvalue weighted by Crippen LogP contribution is 2.32. The summed E-state index contributed by atoms with van der Waals surface area (Å²) in [5.41, 5.74) is -4.54. The second-order valence-corrected chi connectivity index (χ2v) is 9.21. The van der Waals surface area contributed by atoms with Crippen molar-refractivity contribution in [1.29, 1.82) is 0 Å². The van der Waals surface area contributed by atoms with Crippen LogP contribution in [0.15, 0.2) is 30.0 Å². The summed E-state index contributed by atoms with van der Waals surface area (Å²) in [4.78, 5) is 0. The summed E-state index contributed by atoms with van der Waals surface area (Å²) in [6.45, 7) is 7.80. The number of rotatable bonds is 6. The Morgan fingerprint density at radius 2 is 1.89 bits per heavy atom. The van der Waals surface area contributed by atoms with E-state index in [0.29, 0.717) is 17.5 Å². The second-order valence-electron chi connectivity index (χ2n) is 7.68. The molecule has 0 saturated carbocycles. The Kier molecular flexibility index (Phi) is 5.88. The second kappa shape index (κ2) is 7.49. The van der Waals surface area contributed by atoms with Gasteiger partial charge in [0.1, 0.15) is 11.3 Å². The number of halogens is 3. The van der Waals surface area contributed by atoms with Crippen molar-refractivity contribution in [2.45, 2.75) is 46.0 Å². The molecule has 1 heterocycles. The van der Waals surface area contributed by atoms with Gasteiger partial charge in [0, 0.05) is 6.42 Å². The Bertz CT molecular complexity index is 928. The van der Waals surface area contributed by atoms with Crippen LogP contribution in [0.2, 0.25) is 0 Å². The molecule has 1 aromatic carbocycles. The highest BCUT2D eigenvalue weighted by molar-refractivity contribution is 7.87. The highest BCUT2D eigenvalue weighted by atomic mass is 32.2. The van der Waals surface area contributed by atoms with Crippen LogP contribution in [-0.4, -0.2) is 28.9 Å². The fourth-order valence-electron chi connectivity index (χ4n) is 2.88. The van der Waals surface area contributed by atoms with E-state index in [1.807, 2.05) is 27.7 Å². The molecule has 150 valence electrons. The predicted octanol–water partition coefficient (Wildman–Crippen LogP) is 4.56. The summed E-state index contributed by atoms with van der Waals surface area (Å²) in [6, 6.07) is 6.80. The summed E-state index contributed by atoms with van der Waals surface area (Å²) in [7, 11) is -5.77. The van der Waals surface area contributed by atoms with Crippen molar-refractivity contribution in [2.24, 2.45) is 11.3 Å². The number of nitrogens with zero attached hydrogens (tertiary/aromatic N) is 3.